The molecule has 0 amide bonds. The number of carbonyl (C=O) groups is 1. The highest BCUT2D eigenvalue weighted by atomic mass is 31.2. The number of fused-ring (bicyclic) bond motifs is 1. The average molecular weight is 550 g/mol. The minimum Gasteiger partial charge on any atom is -0.468 e. The Hall–Kier alpha value is -2.90. The van der Waals surface area contributed by atoms with E-state index >= 15 is 0 Å². The number of aromatic nitrogens is 3. The number of hydrogen-bond donors (Lipinski definition) is 4. The molecule has 3 heterocycles. The van der Waals surface area contributed by atoms with Gasteiger partial charge in [-0.3, -0.25) is 13.8 Å². The summed E-state index contributed by atoms with van der Waals surface area (Å²) in [6.45, 7) is 2.67. The van der Waals surface area contributed by atoms with Crippen molar-refractivity contribution in [3.05, 3.63) is 54.5 Å². The lowest BCUT2D eigenvalue weighted by Gasteiger charge is -2.42. The molecule has 5 N–H and O–H groups in total. The molecule has 1 unspecified atom stereocenters. The Kier molecular flexibility index (Phi) is 8.78. The highest BCUT2D eigenvalue weighted by Crippen LogP contribution is 2.46. The number of aliphatic hydroxyl groups is 2. The Balaban J connectivity index is 1.53. The summed E-state index contributed by atoms with van der Waals surface area (Å²) in [6, 6.07) is 9.70. The van der Waals surface area contributed by atoms with Crippen LogP contribution in [0.1, 0.15) is 25.6 Å². The van der Waals surface area contributed by atoms with Crippen LogP contribution >= 0.6 is 7.75 Å². The summed E-state index contributed by atoms with van der Waals surface area (Å²) in [5.74, 6) is -0.928. The van der Waals surface area contributed by atoms with Crippen LogP contribution in [-0.4, -0.2) is 68.8 Å². The summed E-state index contributed by atoms with van der Waals surface area (Å²) in [5, 5.41) is 24.7. The van der Waals surface area contributed by atoms with E-state index in [-0.39, 0.29) is 6.61 Å². The largest absolute Gasteiger partial charge is 0.468 e. The Morgan fingerprint density at radius 2 is 1.95 bits per heavy atom. The van der Waals surface area contributed by atoms with Gasteiger partial charge in [0.2, 0.25) is 0 Å². The van der Waals surface area contributed by atoms with Crippen molar-refractivity contribution in [2.45, 2.75) is 51.0 Å². The molecule has 7 atom stereocenters. The van der Waals surface area contributed by atoms with Crippen LogP contribution < -0.4 is 10.8 Å². The number of anilines is 1. The van der Waals surface area contributed by atoms with Gasteiger partial charge in [-0.2, -0.15) is 0 Å². The summed E-state index contributed by atoms with van der Waals surface area (Å²) < 4.78 is 37.4. The van der Waals surface area contributed by atoms with Gasteiger partial charge in [0.25, 0.3) is 0 Å². The number of aliphatic hydroxyl groups excluding tert-OH is 2. The lowest BCUT2D eigenvalue weighted by atomic mass is 9.91. The number of ether oxygens (including phenoxy) is 2. The molecular weight excluding hydrogens is 517 g/mol. The third-order valence-corrected chi connectivity index (χ3v) is 8.07. The summed E-state index contributed by atoms with van der Waals surface area (Å²) in [4.78, 5) is 20.2. The van der Waals surface area contributed by atoms with Crippen molar-refractivity contribution in [2.75, 3.05) is 19.5 Å². The molecule has 0 radical (unpaired) electrons. The van der Waals surface area contributed by atoms with Crippen LogP contribution in [0.4, 0.5) is 5.82 Å². The molecule has 1 saturated heterocycles. The smallest absolute Gasteiger partial charge is 0.406 e. The van der Waals surface area contributed by atoms with Gasteiger partial charge >= 0.3 is 13.7 Å². The van der Waals surface area contributed by atoms with Crippen molar-refractivity contribution in [3.63, 3.8) is 0 Å². The first kappa shape index (κ1) is 28.1. The predicted octanol–water partition coefficient (Wildman–Crippen LogP) is 1.76. The van der Waals surface area contributed by atoms with Gasteiger partial charge in [0.05, 0.1) is 31.8 Å². The zero-order chi connectivity index (χ0) is 27.4. The van der Waals surface area contributed by atoms with Crippen LogP contribution in [0.25, 0.3) is 11.0 Å². The van der Waals surface area contributed by atoms with E-state index in [2.05, 4.69) is 15.1 Å². The molecule has 2 aromatic heterocycles. The van der Waals surface area contributed by atoms with Crippen molar-refractivity contribution in [2.24, 2.45) is 5.92 Å². The van der Waals surface area contributed by atoms with Crippen molar-refractivity contribution in [1.29, 1.82) is 0 Å². The normalized spacial score (nSPS) is 26.1. The third kappa shape index (κ3) is 6.05. The van der Waals surface area contributed by atoms with Gasteiger partial charge in [0.1, 0.15) is 42.3 Å². The minimum atomic E-state index is -4.13. The molecule has 13 nitrogen and oxygen atoms in total. The predicted molar refractivity (Wildman–Crippen MR) is 136 cm³/mol. The minimum absolute atomic E-state index is 0.0775. The fourth-order valence-corrected chi connectivity index (χ4v) is 5.69. The number of methoxy groups -OCH3 is 1. The Labute approximate surface area is 219 Å². The molecule has 1 aromatic carbocycles. The topological polar surface area (TPSA) is 180 Å². The molecular formula is C24H32N5O8P. The van der Waals surface area contributed by atoms with E-state index in [4.69, 9.17) is 24.3 Å². The van der Waals surface area contributed by atoms with Crippen LogP contribution in [0.5, 0.6) is 0 Å². The molecule has 0 bridgehead atoms. The third-order valence-electron chi connectivity index (χ3n) is 6.41. The lowest BCUT2D eigenvalue weighted by molar-refractivity contribution is -0.225. The first-order chi connectivity index (χ1) is 18.1. The number of nitrogens with two attached hydrogens (primary N) is 1. The van der Waals surface area contributed by atoms with E-state index < -0.39 is 56.8 Å². The van der Waals surface area contributed by atoms with Crippen LogP contribution in [-0.2, 0) is 34.5 Å². The zero-order valence-electron chi connectivity index (χ0n) is 21.2. The first-order valence-corrected chi connectivity index (χ1v) is 13.5. The second kappa shape index (κ2) is 11.9. The number of carbonyl (C=O) groups excluding carboxylic acids is 1. The molecule has 1 aliphatic rings. The number of esters is 1. The number of nitrogen functional groups attached to an aromatic ring is 1. The number of benzene rings is 1. The Bertz CT molecular complexity index is 1290. The van der Waals surface area contributed by atoms with Gasteiger partial charge < -0.3 is 30.0 Å². The van der Waals surface area contributed by atoms with Crippen LogP contribution in [0, 0.1) is 5.92 Å². The fourth-order valence-electron chi connectivity index (χ4n) is 4.22. The Morgan fingerprint density at radius 3 is 2.66 bits per heavy atom. The van der Waals surface area contributed by atoms with E-state index in [1.54, 1.807) is 48.0 Å². The van der Waals surface area contributed by atoms with Crippen molar-refractivity contribution in [1.82, 2.24) is 19.6 Å². The molecule has 3 aromatic rings. The lowest BCUT2D eigenvalue weighted by Crippen LogP contribution is -2.53. The van der Waals surface area contributed by atoms with E-state index in [9.17, 15) is 19.6 Å². The monoisotopic (exact) mass is 549 g/mol. The molecule has 38 heavy (non-hydrogen) atoms. The molecule has 206 valence electrons. The van der Waals surface area contributed by atoms with E-state index in [1.165, 1.54) is 20.4 Å². The number of nitrogens with one attached hydrogen (secondary N) is 1. The highest BCUT2D eigenvalue weighted by Gasteiger charge is 2.44. The van der Waals surface area contributed by atoms with Crippen molar-refractivity contribution < 1.29 is 38.1 Å². The summed E-state index contributed by atoms with van der Waals surface area (Å²) in [5.41, 5.74) is 7.16. The number of nitrogens with zero attached hydrogens (tertiary/aromatic N) is 3. The van der Waals surface area contributed by atoms with Gasteiger partial charge in [-0.25, -0.2) is 19.6 Å². The van der Waals surface area contributed by atoms with Crippen LogP contribution in [0.15, 0.2) is 48.9 Å². The van der Waals surface area contributed by atoms with Crippen LogP contribution in [0.3, 0.4) is 0 Å². The number of hydrogen-bond acceptors (Lipinski definition) is 11. The standard InChI is InChI=1S/C24H32N5O8P/c1-14-19(30)20(31)18(37-23(14)29-10-9-17-21(25)26-13-27-22(17)29)12-36-38(33,28-15(2)24(32)34-3)35-11-16-7-5-4-6-8-16/h4-10,13-15,18-20,23,30-31H,11-12H2,1-3H3,(H,28,33)(H2,25,26,27)/t14-,15-,18+,19-,20+,23+,38?/m0/s1. The SMILES string of the molecule is COC(=O)[C@H](C)NP(=O)(OCc1ccccc1)OC[C@H]1O[C@@H](n2ccc3c(N)ncnc32)[C@@H](C)[C@H](O)[C@@H]1O. The highest BCUT2D eigenvalue weighted by molar-refractivity contribution is 7.51. The van der Waals surface area contributed by atoms with Gasteiger partial charge in [0.15, 0.2) is 0 Å². The average Bonchev–Trinajstić information content (AvgIpc) is 3.35. The maximum atomic E-state index is 13.6. The van der Waals surface area contributed by atoms with Crippen molar-refractivity contribution >= 4 is 30.6 Å². The molecule has 0 aliphatic carbocycles. The Morgan fingerprint density at radius 1 is 1.21 bits per heavy atom. The van der Waals surface area contributed by atoms with Gasteiger partial charge in [-0.05, 0) is 18.6 Å². The zero-order valence-corrected chi connectivity index (χ0v) is 22.1. The second-order valence-corrected chi connectivity index (χ2v) is 10.8. The van der Waals surface area contributed by atoms with Crippen LogP contribution in [0.2, 0.25) is 0 Å². The van der Waals surface area contributed by atoms with E-state index in [1.807, 2.05) is 6.07 Å². The molecule has 4 rings (SSSR count). The molecule has 0 saturated carbocycles. The molecule has 1 fully saturated rings. The first-order valence-electron chi connectivity index (χ1n) is 12.0. The van der Waals surface area contributed by atoms with Gasteiger partial charge in [-0.15, -0.1) is 0 Å². The second-order valence-electron chi connectivity index (χ2n) is 9.05. The van der Waals surface area contributed by atoms with E-state index in [0.717, 1.165) is 5.56 Å². The van der Waals surface area contributed by atoms with Crippen molar-refractivity contribution in [3.8, 4) is 0 Å². The quantitative estimate of drug-likeness (QED) is 0.213. The molecule has 14 heteroatoms. The maximum Gasteiger partial charge on any atom is 0.406 e. The summed E-state index contributed by atoms with van der Waals surface area (Å²) in [6.07, 6.45) is -1.41. The van der Waals surface area contributed by atoms with Gasteiger partial charge in [-0.1, -0.05) is 37.3 Å². The summed E-state index contributed by atoms with van der Waals surface area (Å²) in [7, 11) is -2.93. The van der Waals surface area contributed by atoms with Gasteiger partial charge in [0, 0.05) is 12.1 Å². The fraction of sp³-hybridized carbons (Fsp3) is 0.458. The number of rotatable bonds is 10. The maximum absolute atomic E-state index is 13.6. The van der Waals surface area contributed by atoms with E-state index in [0.29, 0.717) is 16.9 Å². The molecule has 1 aliphatic heterocycles. The molecule has 0 spiro atoms. The summed E-state index contributed by atoms with van der Waals surface area (Å²) >= 11 is 0.